The van der Waals surface area contributed by atoms with E-state index in [1.807, 2.05) is 33.8 Å². The molecule has 0 aromatic heterocycles. The highest BCUT2D eigenvalue weighted by molar-refractivity contribution is 8.13. The SMILES string of the molecule is CC(=O)SCC(=Cc1ccc(F)c(Cl)c1)B1OC(C)(C)C(C)(C)O1. The Bertz CT molecular complexity index is 660. The molecule has 130 valence electrons. The topological polar surface area (TPSA) is 35.5 Å². The average molecular weight is 371 g/mol. The maximum absolute atomic E-state index is 13.3. The minimum absolute atomic E-state index is 0.00885. The Morgan fingerprint density at radius 2 is 1.88 bits per heavy atom. The van der Waals surface area contributed by atoms with Gasteiger partial charge in [-0.2, -0.15) is 0 Å². The Morgan fingerprint density at radius 3 is 2.38 bits per heavy atom. The highest BCUT2D eigenvalue weighted by Gasteiger charge is 2.52. The molecule has 0 bridgehead atoms. The lowest BCUT2D eigenvalue weighted by atomic mass is 9.78. The Kier molecular flexibility index (Phi) is 5.85. The molecule has 1 aliphatic rings. The summed E-state index contributed by atoms with van der Waals surface area (Å²) >= 11 is 7.03. The molecule has 3 nitrogen and oxygen atoms in total. The molecule has 0 radical (unpaired) electrons. The van der Waals surface area contributed by atoms with E-state index in [2.05, 4.69) is 0 Å². The van der Waals surface area contributed by atoms with Gasteiger partial charge in [0.05, 0.1) is 16.2 Å². The summed E-state index contributed by atoms with van der Waals surface area (Å²) in [6.07, 6.45) is 1.84. The summed E-state index contributed by atoms with van der Waals surface area (Å²) in [5, 5.41) is 0.0609. The van der Waals surface area contributed by atoms with Crippen LogP contribution in [0.5, 0.6) is 0 Å². The number of carbonyl (C=O) groups excluding carboxylic acids is 1. The first-order valence-electron chi connectivity index (χ1n) is 7.66. The van der Waals surface area contributed by atoms with Crippen LogP contribution < -0.4 is 0 Å². The summed E-state index contributed by atoms with van der Waals surface area (Å²) in [7, 11) is -0.564. The maximum Gasteiger partial charge on any atom is 0.491 e. The number of carbonyl (C=O) groups is 1. The summed E-state index contributed by atoms with van der Waals surface area (Å²) < 4.78 is 25.5. The molecule has 0 unspecified atom stereocenters. The summed E-state index contributed by atoms with van der Waals surface area (Å²) in [6.45, 7) is 9.39. The smallest absolute Gasteiger partial charge is 0.400 e. The molecular weight excluding hydrogens is 350 g/mol. The third-order valence-corrected chi connectivity index (χ3v) is 5.47. The van der Waals surface area contributed by atoms with Crippen LogP contribution in [0.1, 0.15) is 40.2 Å². The van der Waals surface area contributed by atoms with Crippen LogP contribution in [0.15, 0.2) is 23.7 Å². The second-order valence-corrected chi connectivity index (χ2v) is 8.32. The summed E-state index contributed by atoms with van der Waals surface area (Å²) in [4.78, 5) is 11.4. The molecule has 2 rings (SSSR count). The van der Waals surface area contributed by atoms with Crippen molar-refractivity contribution in [2.75, 3.05) is 5.75 Å². The van der Waals surface area contributed by atoms with Gasteiger partial charge in [0.2, 0.25) is 0 Å². The van der Waals surface area contributed by atoms with Crippen molar-refractivity contribution in [3.05, 3.63) is 40.1 Å². The van der Waals surface area contributed by atoms with Gasteiger partial charge >= 0.3 is 7.12 Å². The first-order chi connectivity index (χ1) is 11.0. The largest absolute Gasteiger partial charge is 0.491 e. The molecule has 7 heteroatoms. The zero-order valence-electron chi connectivity index (χ0n) is 14.5. The lowest BCUT2D eigenvalue weighted by Gasteiger charge is -2.32. The molecule has 1 aromatic carbocycles. The number of hydrogen-bond donors (Lipinski definition) is 0. The Balaban J connectivity index is 2.33. The van der Waals surface area contributed by atoms with Gasteiger partial charge in [0.25, 0.3) is 0 Å². The molecule has 24 heavy (non-hydrogen) atoms. The maximum atomic E-state index is 13.3. The fourth-order valence-electron chi connectivity index (χ4n) is 2.17. The molecule has 0 amide bonds. The molecule has 0 spiro atoms. The third kappa shape index (κ3) is 4.42. The van der Waals surface area contributed by atoms with Gasteiger partial charge in [-0.1, -0.05) is 35.5 Å². The van der Waals surface area contributed by atoms with Crippen molar-refractivity contribution in [2.45, 2.75) is 45.8 Å². The van der Waals surface area contributed by atoms with E-state index in [0.717, 1.165) is 11.0 Å². The normalized spacial score (nSPS) is 19.6. The average Bonchev–Trinajstić information content (AvgIpc) is 2.67. The number of thioether (sulfide) groups is 1. The Hall–Kier alpha value is -0.815. The molecule has 0 N–H and O–H groups in total. The lowest BCUT2D eigenvalue weighted by Crippen LogP contribution is -2.41. The van der Waals surface area contributed by atoms with Gasteiger partial charge in [0.15, 0.2) is 5.12 Å². The third-order valence-electron chi connectivity index (χ3n) is 4.29. The van der Waals surface area contributed by atoms with E-state index in [-0.39, 0.29) is 10.1 Å². The predicted molar refractivity (Wildman–Crippen MR) is 98.6 cm³/mol. The van der Waals surface area contributed by atoms with Crippen LogP contribution in [0.25, 0.3) is 6.08 Å². The number of halogens is 2. The second-order valence-electron chi connectivity index (χ2n) is 6.76. The van der Waals surface area contributed by atoms with Crippen molar-refractivity contribution in [1.29, 1.82) is 0 Å². The molecule has 1 aromatic rings. The van der Waals surface area contributed by atoms with Gasteiger partial charge in [-0.25, -0.2) is 4.39 Å². The molecule has 0 aliphatic carbocycles. The van der Waals surface area contributed by atoms with Gasteiger partial charge in [-0.3, -0.25) is 4.79 Å². The molecule has 1 heterocycles. The van der Waals surface area contributed by atoms with Crippen molar-refractivity contribution in [1.82, 2.24) is 0 Å². The number of hydrogen-bond acceptors (Lipinski definition) is 4. The van der Waals surface area contributed by atoms with Gasteiger partial charge < -0.3 is 9.31 Å². The Morgan fingerprint density at radius 1 is 1.29 bits per heavy atom. The van der Waals surface area contributed by atoms with E-state index in [9.17, 15) is 9.18 Å². The molecule has 1 aliphatic heterocycles. The van der Waals surface area contributed by atoms with Crippen LogP contribution in [0.3, 0.4) is 0 Å². The summed E-state index contributed by atoms with van der Waals surface area (Å²) in [5.74, 6) is -0.0367. The van der Waals surface area contributed by atoms with Crippen LogP contribution in [-0.4, -0.2) is 29.2 Å². The highest BCUT2D eigenvalue weighted by Crippen LogP contribution is 2.39. The monoisotopic (exact) mass is 370 g/mol. The van der Waals surface area contributed by atoms with Crippen LogP contribution in [0.4, 0.5) is 4.39 Å². The predicted octanol–water partition coefficient (Wildman–Crippen LogP) is 4.77. The minimum Gasteiger partial charge on any atom is -0.400 e. The molecule has 1 saturated heterocycles. The van der Waals surface area contributed by atoms with Gasteiger partial charge in [-0.15, -0.1) is 0 Å². The molecule has 1 fully saturated rings. The zero-order chi connectivity index (χ0) is 18.1. The van der Waals surface area contributed by atoms with Crippen molar-refractivity contribution in [3.63, 3.8) is 0 Å². The van der Waals surface area contributed by atoms with Crippen molar-refractivity contribution in [2.24, 2.45) is 0 Å². The van der Waals surface area contributed by atoms with Crippen molar-refractivity contribution < 1.29 is 18.5 Å². The van der Waals surface area contributed by atoms with E-state index < -0.39 is 24.1 Å². The first-order valence-corrected chi connectivity index (χ1v) is 9.03. The van der Waals surface area contributed by atoms with E-state index in [1.165, 1.54) is 24.8 Å². The first kappa shape index (κ1) is 19.5. The van der Waals surface area contributed by atoms with Crippen LogP contribution in [-0.2, 0) is 14.1 Å². The van der Waals surface area contributed by atoms with Gasteiger partial charge in [-0.05, 0) is 50.9 Å². The molecular formula is C17H21BClFO3S. The van der Waals surface area contributed by atoms with Crippen molar-refractivity contribution >= 4 is 41.7 Å². The quantitative estimate of drug-likeness (QED) is 0.715. The van der Waals surface area contributed by atoms with E-state index in [0.29, 0.717) is 5.75 Å². The van der Waals surface area contributed by atoms with Crippen LogP contribution in [0, 0.1) is 5.82 Å². The van der Waals surface area contributed by atoms with Gasteiger partial charge in [0, 0.05) is 12.7 Å². The van der Waals surface area contributed by atoms with Gasteiger partial charge in [0.1, 0.15) is 5.82 Å². The molecule has 0 atom stereocenters. The minimum atomic E-state index is -0.564. The second kappa shape index (κ2) is 7.20. The van der Waals surface area contributed by atoms with Crippen LogP contribution in [0.2, 0.25) is 5.02 Å². The summed E-state index contributed by atoms with van der Waals surface area (Å²) in [6, 6.07) is 4.49. The lowest BCUT2D eigenvalue weighted by molar-refractivity contribution is -0.109. The number of rotatable bonds is 4. The van der Waals surface area contributed by atoms with E-state index in [4.69, 9.17) is 20.9 Å². The molecule has 0 saturated carbocycles. The Labute approximate surface area is 152 Å². The van der Waals surface area contributed by atoms with Crippen LogP contribution >= 0.6 is 23.4 Å². The fourth-order valence-corrected chi connectivity index (χ4v) is 2.95. The van der Waals surface area contributed by atoms with E-state index >= 15 is 0 Å². The van der Waals surface area contributed by atoms with E-state index in [1.54, 1.807) is 12.1 Å². The number of benzene rings is 1. The zero-order valence-corrected chi connectivity index (χ0v) is 16.1. The van der Waals surface area contributed by atoms with Crippen molar-refractivity contribution in [3.8, 4) is 0 Å². The standard InChI is InChI=1S/C17H21BClFO3S/c1-11(21)24-10-13(8-12-6-7-15(20)14(19)9-12)18-22-16(2,3)17(4,5)23-18/h6-9H,10H2,1-5H3. The highest BCUT2D eigenvalue weighted by atomic mass is 35.5. The summed E-state index contributed by atoms with van der Waals surface area (Å²) in [5.41, 5.74) is 0.586. The fraction of sp³-hybridized carbons (Fsp3) is 0.471.